The summed E-state index contributed by atoms with van der Waals surface area (Å²) in [5, 5.41) is 7.13. The van der Waals surface area contributed by atoms with Crippen molar-refractivity contribution in [2.24, 2.45) is 0 Å². The Morgan fingerprint density at radius 1 is 0.425 bits per heavy atom. The quantitative estimate of drug-likeness (QED) is 0.233. The molecule has 0 saturated heterocycles. The highest BCUT2D eigenvalue weighted by molar-refractivity contribution is 6.16. The number of fused-ring (bicyclic) bond motifs is 8. The number of nitrogens with zero attached hydrogens (tertiary/aromatic N) is 4. The summed E-state index contributed by atoms with van der Waals surface area (Å²) in [6.07, 6.45) is 1.86. The molecule has 4 aromatic heterocycles. The molecule has 9 rings (SSSR count). The molecule has 0 aliphatic carbocycles. The van der Waals surface area contributed by atoms with Gasteiger partial charge in [-0.2, -0.15) is 0 Å². The van der Waals surface area contributed by atoms with E-state index in [1.165, 1.54) is 26.9 Å². The van der Waals surface area contributed by atoms with Gasteiger partial charge in [-0.1, -0.05) is 91.0 Å². The maximum absolute atomic E-state index is 5.43. The molecule has 0 bridgehead atoms. The molecular weight excluding hydrogens is 488 g/mol. The van der Waals surface area contributed by atoms with Crippen LogP contribution in [0.5, 0.6) is 0 Å². The monoisotopic (exact) mass is 510 g/mol. The molecule has 186 valence electrons. The molecular formula is C36H22N4. The predicted molar refractivity (Wildman–Crippen MR) is 166 cm³/mol. The molecule has 0 radical (unpaired) electrons. The van der Waals surface area contributed by atoms with Crippen LogP contribution in [0.15, 0.2) is 134 Å². The van der Waals surface area contributed by atoms with E-state index >= 15 is 0 Å². The van der Waals surface area contributed by atoms with Crippen molar-refractivity contribution in [3.05, 3.63) is 134 Å². The Bertz CT molecular complexity index is 2260. The van der Waals surface area contributed by atoms with Gasteiger partial charge in [0.05, 0.1) is 27.9 Å². The van der Waals surface area contributed by atoms with Crippen molar-refractivity contribution in [1.82, 2.24) is 19.1 Å². The van der Waals surface area contributed by atoms with E-state index in [-0.39, 0.29) is 0 Å². The molecule has 0 saturated carbocycles. The van der Waals surface area contributed by atoms with Gasteiger partial charge in [0.1, 0.15) is 16.7 Å². The van der Waals surface area contributed by atoms with Crippen LogP contribution in [0.1, 0.15) is 0 Å². The topological polar surface area (TPSA) is 35.6 Å². The van der Waals surface area contributed by atoms with Crippen molar-refractivity contribution in [3.8, 4) is 11.4 Å². The third-order valence-corrected chi connectivity index (χ3v) is 8.14. The fraction of sp³-hybridized carbons (Fsp3) is 0. The molecule has 4 heteroatoms. The molecule has 0 atom stereocenters. The average Bonchev–Trinajstić information content (AvgIpc) is 3.51. The van der Waals surface area contributed by atoms with Crippen molar-refractivity contribution in [1.29, 1.82) is 0 Å². The SMILES string of the molecule is c1ccc2c(-n3c4cccnc4c4nc5c(cc43)c3ccccc3n5-c3cccc4ccccc34)cccc2c1. The van der Waals surface area contributed by atoms with Crippen LogP contribution in [0, 0.1) is 0 Å². The van der Waals surface area contributed by atoms with E-state index in [2.05, 4.69) is 130 Å². The fourth-order valence-corrected chi connectivity index (χ4v) is 6.42. The summed E-state index contributed by atoms with van der Waals surface area (Å²) in [7, 11) is 0. The summed E-state index contributed by atoms with van der Waals surface area (Å²) in [5.74, 6) is 0. The van der Waals surface area contributed by atoms with Gasteiger partial charge in [0.15, 0.2) is 0 Å². The molecule has 4 nitrogen and oxygen atoms in total. The Kier molecular flexibility index (Phi) is 4.30. The smallest absolute Gasteiger partial charge is 0.146 e. The Morgan fingerprint density at radius 3 is 1.77 bits per heavy atom. The second-order valence-corrected chi connectivity index (χ2v) is 10.3. The van der Waals surface area contributed by atoms with Crippen molar-refractivity contribution in [3.63, 3.8) is 0 Å². The van der Waals surface area contributed by atoms with Crippen LogP contribution in [0.2, 0.25) is 0 Å². The molecule has 4 heterocycles. The largest absolute Gasteiger partial charge is 0.305 e. The maximum Gasteiger partial charge on any atom is 0.146 e. The van der Waals surface area contributed by atoms with E-state index in [0.29, 0.717) is 0 Å². The zero-order chi connectivity index (χ0) is 26.2. The predicted octanol–water partition coefficient (Wildman–Crippen LogP) is 8.98. The van der Waals surface area contributed by atoms with Crippen molar-refractivity contribution < 1.29 is 0 Å². The zero-order valence-electron chi connectivity index (χ0n) is 21.5. The van der Waals surface area contributed by atoms with Gasteiger partial charge in [0, 0.05) is 27.7 Å². The van der Waals surface area contributed by atoms with Gasteiger partial charge < -0.3 is 4.57 Å². The Balaban J connectivity index is 1.48. The molecule has 9 aromatic rings. The highest BCUT2D eigenvalue weighted by atomic mass is 15.1. The van der Waals surface area contributed by atoms with Crippen LogP contribution in [0.4, 0.5) is 0 Å². The molecule has 5 aromatic carbocycles. The van der Waals surface area contributed by atoms with Crippen LogP contribution in [0.3, 0.4) is 0 Å². The first-order valence-electron chi connectivity index (χ1n) is 13.5. The van der Waals surface area contributed by atoms with Gasteiger partial charge in [-0.15, -0.1) is 0 Å². The lowest BCUT2D eigenvalue weighted by molar-refractivity contribution is 1.16. The van der Waals surface area contributed by atoms with Crippen LogP contribution < -0.4 is 0 Å². The van der Waals surface area contributed by atoms with Crippen LogP contribution in [-0.4, -0.2) is 19.1 Å². The van der Waals surface area contributed by atoms with Gasteiger partial charge in [-0.05, 0) is 47.2 Å². The fourth-order valence-electron chi connectivity index (χ4n) is 6.42. The first-order chi connectivity index (χ1) is 19.9. The van der Waals surface area contributed by atoms with Crippen LogP contribution >= 0.6 is 0 Å². The lowest BCUT2D eigenvalue weighted by Crippen LogP contribution is -1.98. The minimum Gasteiger partial charge on any atom is -0.305 e. The zero-order valence-corrected chi connectivity index (χ0v) is 21.5. The second kappa shape index (κ2) is 8.01. The standard InChI is InChI=1S/C36H22N4/c1-3-14-25-23(10-1)12-7-18-29(25)39-32-20-9-21-37-34(32)35-33(39)22-28-27-16-5-6-17-31(27)40(36(28)38-35)30-19-8-13-24-11-2-4-15-26(24)30/h1-22H. The molecule has 40 heavy (non-hydrogen) atoms. The summed E-state index contributed by atoms with van der Waals surface area (Å²) in [6, 6.07) is 45.2. The molecule has 0 N–H and O–H groups in total. The number of benzene rings is 5. The lowest BCUT2D eigenvalue weighted by Gasteiger charge is -2.12. The van der Waals surface area contributed by atoms with Crippen LogP contribution in [0.25, 0.3) is 76.9 Å². The van der Waals surface area contributed by atoms with Gasteiger partial charge in [-0.25, -0.2) is 4.98 Å². The van der Waals surface area contributed by atoms with E-state index < -0.39 is 0 Å². The Morgan fingerprint density at radius 2 is 1.02 bits per heavy atom. The van der Waals surface area contributed by atoms with E-state index in [1.54, 1.807) is 0 Å². The molecule has 0 spiro atoms. The van der Waals surface area contributed by atoms with Gasteiger partial charge >= 0.3 is 0 Å². The first-order valence-corrected chi connectivity index (χ1v) is 13.5. The third-order valence-electron chi connectivity index (χ3n) is 8.14. The highest BCUT2D eigenvalue weighted by Crippen LogP contribution is 2.39. The van der Waals surface area contributed by atoms with E-state index in [9.17, 15) is 0 Å². The maximum atomic E-state index is 5.43. The van der Waals surface area contributed by atoms with E-state index in [1.807, 2.05) is 12.3 Å². The minimum atomic E-state index is 0.903. The summed E-state index contributed by atoms with van der Waals surface area (Å²) in [6.45, 7) is 0. The number of aromatic nitrogens is 4. The summed E-state index contributed by atoms with van der Waals surface area (Å²) < 4.78 is 4.65. The number of pyridine rings is 2. The summed E-state index contributed by atoms with van der Waals surface area (Å²) in [4.78, 5) is 10.3. The molecule has 0 amide bonds. The molecule has 0 aliphatic rings. The summed E-state index contributed by atoms with van der Waals surface area (Å²) in [5.41, 5.74) is 8.25. The number of hydrogen-bond acceptors (Lipinski definition) is 2. The lowest BCUT2D eigenvalue weighted by atomic mass is 10.1. The molecule has 0 unspecified atom stereocenters. The van der Waals surface area contributed by atoms with Crippen molar-refractivity contribution >= 4 is 65.5 Å². The Hall–Kier alpha value is -5.48. The number of rotatable bonds is 2. The van der Waals surface area contributed by atoms with Gasteiger partial charge in [0.2, 0.25) is 0 Å². The molecule has 0 aliphatic heterocycles. The minimum absolute atomic E-state index is 0.903. The average molecular weight is 511 g/mol. The third kappa shape index (κ3) is 2.85. The van der Waals surface area contributed by atoms with Crippen LogP contribution in [-0.2, 0) is 0 Å². The van der Waals surface area contributed by atoms with Crippen molar-refractivity contribution in [2.75, 3.05) is 0 Å². The Labute approximate surface area is 229 Å². The highest BCUT2D eigenvalue weighted by Gasteiger charge is 2.21. The van der Waals surface area contributed by atoms with Gasteiger partial charge in [-0.3, -0.25) is 9.55 Å². The van der Waals surface area contributed by atoms with E-state index in [4.69, 9.17) is 9.97 Å². The normalized spacial score (nSPS) is 12.0. The van der Waals surface area contributed by atoms with E-state index in [0.717, 1.165) is 50.0 Å². The van der Waals surface area contributed by atoms with Crippen molar-refractivity contribution in [2.45, 2.75) is 0 Å². The number of hydrogen-bond donors (Lipinski definition) is 0. The second-order valence-electron chi connectivity index (χ2n) is 10.3. The first kappa shape index (κ1) is 21.5. The molecule has 0 fully saturated rings. The number of para-hydroxylation sites is 1. The van der Waals surface area contributed by atoms with Gasteiger partial charge in [0.25, 0.3) is 0 Å². The summed E-state index contributed by atoms with van der Waals surface area (Å²) >= 11 is 0.